The number of nitrogens with zero attached hydrogens (tertiary/aromatic N) is 3. The molecule has 2 rings (SSSR count). The van der Waals surface area contributed by atoms with Gasteiger partial charge in [0.2, 0.25) is 0 Å². The molecule has 0 amide bonds. The van der Waals surface area contributed by atoms with E-state index in [0.717, 1.165) is 24.7 Å². The van der Waals surface area contributed by atoms with Crippen molar-refractivity contribution < 1.29 is 4.74 Å². The first-order valence-corrected chi connectivity index (χ1v) is 6.83. The summed E-state index contributed by atoms with van der Waals surface area (Å²) in [6.45, 7) is 6.36. The molecule has 0 aliphatic carbocycles. The number of rotatable bonds is 2. The maximum absolute atomic E-state index is 6.01. The SMILES string of the molecule is COc1c(Cl)ncnc1N1CCSC(C)(C)C1. The van der Waals surface area contributed by atoms with Gasteiger partial charge in [-0.1, -0.05) is 11.6 Å². The molecule has 17 heavy (non-hydrogen) atoms. The highest BCUT2D eigenvalue weighted by atomic mass is 35.5. The molecule has 0 unspecified atom stereocenters. The van der Waals surface area contributed by atoms with Crippen LogP contribution in [0.15, 0.2) is 6.33 Å². The number of thioether (sulfide) groups is 1. The molecule has 4 nitrogen and oxygen atoms in total. The van der Waals surface area contributed by atoms with Crippen LogP contribution in [0.4, 0.5) is 5.82 Å². The summed E-state index contributed by atoms with van der Waals surface area (Å²) in [5.74, 6) is 2.44. The van der Waals surface area contributed by atoms with Crippen molar-refractivity contribution in [2.75, 3.05) is 30.9 Å². The van der Waals surface area contributed by atoms with Crippen LogP contribution in [0.2, 0.25) is 5.15 Å². The Balaban J connectivity index is 2.30. The van der Waals surface area contributed by atoms with Gasteiger partial charge in [-0.15, -0.1) is 0 Å². The number of anilines is 1. The third kappa shape index (κ3) is 2.77. The van der Waals surface area contributed by atoms with Gasteiger partial charge < -0.3 is 9.64 Å². The highest BCUT2D eigenvalue weighted by Gasteiger charge is 2.29. The van der Waals surface area contributed by atoms with Gasteiger partial charge in [0.1, 0.15) is 6.33 Å². The molecule has 1 saturated heterocycles. The van der Waals surface area contributed by atoms with Gasteiger partial charge in [-0.25, -0.2) is 9.97 Å². The van der Waals surface area contributed by atoms with E-state index in [0.29, 0.717) is 10.9 Å². The predicted octanol–water partition coefficient (Wildman–Crippen LogP) is 2.47. The lowest BCUT2D eigenvalue weighted by atomic mass is 10.2. The van der Waals surface area contributed by atoms with Crippen molar-refractivity contribution in [1.82, 2.24) is 9.97 Å². The van der Waals surface area contributed by atoms with Crippen LogP contribution in [0.3, 0.4) is 0 Å². The van der Waals surface area contributed by atoms with Crippen LogP contribution < -0.4 is 9.64 Å². The lowest BCUT2D eigenvalue weighted by Crippen LogP contribution is -2.43. The van der Waals surface area contributed by atoms with Gasteiger partial charge in [-0.05, 0) is 13.8 Å². The van der Waals surface area contributed by atoms with Crippen LogP contribution in [0.5, 0.6) is 5.75 Å². The topological polar surface area (TPSA) is 38.3 Å². The second-order valence-corrected chi connectivity index (χ2v) is 6.71. The fourth-order valence-corrected chi connectivity index (χ4v) is 3.26. The summed E-state index contributed by atoms with van der Waals surface area (Å²) in [6.07, 6.45) is 1.48. The Labute approximate surface area is 111 Å². The van der Waals surface area contributed by atoms with Crippen molar-refractivity contribution in [3.63, 3.8) is 0 Å². The molecule has 0 bridgehead atoms. The lowest BCUT2D eigenvalue weighted by molar-refractivity contribution is 0.409. The lowest BCUT2D eigenvalue weighted by Gasteiger charge is -2.38. The van der Waals surface area contributed by atoms with Crippen LogP contribution in [-0.2, 0) is 0 Å². The molecule has 1 aromatic heterocycles. The standard InChI is InChI=1S/C11H16ClN3OS/c1-11(2)6-15(4-5-17-11)10-8(16-3)9(12)13-7-14-10/h7H,4-6H2,1-3H3. The first kappa shape index (κ1) is 12.8. The van der Waals surface area contributed by atoms with Crippen LogP contribution in [0.25, 0.3) is 0 Å². The van der Waals surface area contributed by atoms with Gasteiger partial charge in [0.15, 0.2) is 16.7 Å². The molecule has 1 fully saturated rings. The van der Waals surface area contributed by atoms with Crippen LogP contribution in [0, 0.1) is 0 Å². The quantitative estimate of drug-likeness (QED) is 0.774. The Kier molecular flexibility index (Phi) is 3.68. The van der Waals surface area contributed by atoms with Gasteiger partial charge >= 0.3 is 0 Å². The summed E-state index contributed by atoms with van der Waals surface area (Å²) < 4.78 is 5.51. The van der Waals surface area contributed by atoms with Gasteiger partial charge in [-0.2, -0.15) is 11.8 Å². The second kappa shape index (κ2) is 4.90. The Morgan fingerprint density at radius 1 is 1.47 bits per heavy atom. The summed E-state index contributed by atoms with van der Waals surface area (Å²) in [4.78, 5) is 10.4. The molecular weight excluding hydrogens is 258 g/mol. The first-order valence-electron chi connectivity index (χ1n) is 5.47. The first-order chi connectivity index (χ1) is 8.03. The van der Waals surface area contributed by atoms with Crippen molar-refractivity contribution in [2.24, 2.45) is 0 Å². The third-order valence-corrected chi connectivity index (χ3v) is 4.24. The largest absolute Gasteiger partial charge is 0.490 e. The number of methoxy groups -OCH3 is 1. The van der Waals surface area contributed by atoms with E-state index in [-0.39, 0.29) is 4.75 Å². The molecule has 0 N–H and O–H groups in total. The fraction of sp³-hybridized carbons (Fsp3) is 0.636. The zero-order valence-corrected chi connectivity index (χ0v) is 11.8. The van der Waals surface area contributed by atoms with E-state index < -0.39 is 0 Å². The molecule has 1 aliphatic rings. The van der Waals surface area contributed by atoms with Gasteiger partial charge in [0.05, 0.1) is 7.11 Å². The number of hydrogen-bond donors (Lipinski definition) is 0. The average molecular weight is 274 g/mol. The summed E-state index contributed by atoms with van der Waals surface area (Å²) in [6, 6.07) is 0. The molecule has 2 heterocycles. The number of halogens is 1. The second-order valence-electron chi connectivity index (χ2n) is 4.55. The fourth-order valence-electron chi connectivity index (χ4n) is 1.94. The van der Waals surface area contributed by atoms with Crippen molar-refractivity contribution in [3.05, 3.63) is 11.5 Å². The summed E-state index contributed by atoms with van der Waals surface area (Å²) in [7, 11) is 1.60. The highest BCUT2D eigenvalue weighted by Crippen LogP contribution is 2.37. The predicted molar refractivity (Wildman–Crippen MR) is 72.3 cm³/mol. The van der Waals surface area contributed by atoms with Crippen LogP contribution >= 0.6 is 23.4 Å². The van der Waals surface area contributed by atoms with Crippen molar-refractivity contribution in [2.45, 2.75) is 18.6 Å². The van der Waals surface area contributed by atoms with Gasteiger partial charge in [-0.3, -0.25) is 0 Å². The zero-order valence-electron chi connectivity index (χ0n) is 10.2. The number of ether oxygens (including phenoxy) is 1. The van der Waals surface area contributed by atoms with Crippen molar-refractivity contribution in [3.8, 4) is 5.75 Å². The monoisotopic (exact) mass is 273 g/mol. The Hall–Kier alpha value is -0.680. The molecule has 6 heteroatoms. The third-order valence-electron chi connectivity index (χ3n) is 2.67. The minimum Gasteiger partial charge on any atom is -0.490 e. The maximum Gasteiger partial charge on any atom is 0.199 e. The van der Waals surface area contributed by atoms with Gasteiger partial charge in [0, 0.05) is 23.6 Å². The maximum atomic E-state index is 6.01. The van der Waals surface area contributed by atoms with E-state index in [1.807, 2.05) is 11.8 Å². The summed E-state index contributed by atoms with van der Waals surface area (Å²) in [5.41, 5.74) is 0. The zero-order chi connectivity index (χ0) is 12.5. The normalized spacial score (nSPS) is 19.2. The molecule has 94 valence electrons. The number of hydrogen-bond acceptors (Lipinski definition) is 5. The van der Waals surface area contributed by atoms with Crippen molar-refractivity contribution in [1.29, 1.82) is 0 Å². The molecule has 1 aromatic rings. The Morgan fingerprint density at radius 3 is 2.88 bits per heavy atom. The van der Waals surface area contributed by atoms with E-state index >= 15 is 0 Å². The van der Waals surface area contributed by atoms with Crippen LogP contribution in [-0.4, -0.2) is 40.7 Å². The van der Waals surface area contributed by atoms with Crippen molar-refractivity contribution >= 4 is 29.2 Å². The molecule has 0 aromatic carbocycles. The summed E-state index contributed by atoms with van der Waals surface area (Å²) in [5, 5.41) is 0.369. The molecule has 1 aliphatic heterocycles. The molecule has 0 saturated carbocycles. The Bertz CT molecular complexity index is 414. The summed E-state index contributed by atoms with van der Waals surface area (Å²) >= 11 is 7.99. The molecular formula is C11H16ClN3OS. The number of aromatic nitrogens is 2. The average Bonchev–Trinajstić information content (AvgIpc) is 2.27. The van der Waals surface area contributed by atoms with E-state index in [1.165, 1.54) is 6.33 Å². The molecule has 0 atom stereocenters. The molecule has 0 spiro atoms. The molecule has 0 radical (unpaired) electrons. The smallest absolute Gasteiger partial charge is 0.199 e. The minimum atomic E-state index is 0.223. The highest BCUT2D eigenvalue weighted by molar-refractivity contribution is 8.00. The Morgan fingerprint density at radius 2 is 2.24 bits per heavy atom. The van der Waals surface area contributed by atoms with E-state index in [9.17, 15) is 0 Å². The van der Waals surface area contributed by atoms with Crippen LogP contribution in [0.1, 0.15) is 13.8 Å². The van der Waals surface area contributed by atoms with E-state index in [1.54, 1.807) is 7.11 Å². The van der Waals surface area contributed by atoms with E-state index in [2.05, 4.69) is 28.7 Å². The van der Waals surface area contributed by atoms with Gasteiger partial charge in [0.25, 0.3) is 0 Å². The minimum absolute atomic E-state index is 0.223. The van der Waals surface area contributed by atoms with E-state index in [4.69, 9.17) is 16.3 Å².